The first-order valence-electron chi connectivity index (χ1n) is 5.10. The summed E-state index contributed by atoms with van der Waals surface area (Å²) in [5.41, 5.74) is 2.24. The van der Waals surface area contributed by atoms with Crippen molar-refractivity contribution in [3.63, 3.8) is 0 Å². The largest absolute Gasteiger partial charge is 0.388 e. The maximum atomic E-state index is 9.96. The molecule has 1 saturated carbocycles. The summed E-state index contributed by atoms with van der Waals surface area (Å²) < 4.78 is 1.06. The first-order valence-corrected chi connectivity index (χ1v) is 5.89. The van der Waals surface area contributed by atoms with Crippen LogP contribution in [0.1, 0.15) is 36.5 Å². The maximum absolute atomic E-state index is 9.96. The Bertz CT molecular complexity index is 311. The zero-order valence-electron chi connectivity index (χ0n) is 8.33. The van der Waals surface area contributed by atoms with E-state index in [1.54, 1.807) is 0 Å². The van der Waals surface area contributed by atoms with Crippen LogP contribution in [0.25, 0.3) is 0 Å². The van der Waals surface area contributed by atoms with Gasteiger partial charge in [-0.1, -0.05) is 34.8 Å². The number of rotatable bonds is 3. The van der Waals surface area contributed by atoms with E-state index in [2.05, 4.69) is 35.0 Å². The Hall–Kier alpha value is -0.340. The Kier molecular flexibility index (Phi) is 2.93. The van der Waals surface area contributed by atoms with Crippen molar-refractivity contribution in [1.82, 2.24) is 0 Å². The first kappa shape index (κ1) is 10.2. The van der Waals surface area contributed by atoms with Gasteiger partial charge < -0.3 is 5.11 Å². The number of hydrogen-bond acceptors (Lipinski definition) is 1. The molecule has 1 aromatic rings. The lowest BCUT2D eigenvalue weighted by atomic mass is 10.0. The van der Waals surface area contributed by atoms with Crippen molar-refractivity contribution in [2.24, 2.45) is 5.92 Å². The summed E-state index contributed by atoms with van der Waals surface area (Å²) in [6, 6.07) is 6.14. The minimum Gasteiger partial charge on any atom is -0.388 e. The van der Waals surface area contributed by atoms with E-state index in [-0.39, 0.29) is 6.10 Å². The Morgan fingerprint density at radius 3 is 2.71 bits per heavy atom. The average Bonchev–Trinajstić information content (AvgIpc) is 2.86. The molecule has 1 nitrogen and oxygen atoms in total. The van der Waals surface area contributed by atoms with Gasteiger partial charge in [-0.25, -0.2) is 0 Å². The number of aliphatic hydroxyl groups excluding tert-OH is 1. The van der Waals surface area contributed by atoms with Gasteiger partial charge in [0, 0.05) is 4.47 Å². The zero-order valence-corrected chi connectivity index (χ0v) is 9.92. The van der Waals surface area contributed by atoms with E-state index in [0.29, 0.717) is 0 Å². The Balaban J connectivity index is 2.12. The summed E-state index contributed by atoms with van der Waals surface area (Å²) in [7, 11) is 0. The predicted octanol–water partition coefficient (Wildman–Crippen LogP) is 3.59. The van der Waals surface area contributed by atoms with Crippen LogP contribution in [-0.4, -0.2) is 5.11 Å². The standard InChI is InChI=1S/C12H15BrO/c1-8-4-10(7-11(13)5-8)12(14)6-9-2-3-9/h4-5,7,9,12,14H,2-3,6H2,1H3. The van der Waals surface area contributed by atoms with E-state index in [0.717, 1.165) is 22.4 Å². The fraction of sp³-hybridized carbons (Fsp3) is 0.500. The van der Waals surface area contributed by atoms with Gasteiger partial charge in [0.25, 0.3) is 0 Å². The SMILES string of the molecule is Cc1cc(Br)cc(C(O)CC2CC2)c1. The lowest BCUT2D eigenvalue weighted by molar-refractivity contribution is 0.160. The molecule has 1 aliphatic carbocycles. The van der Waals surface area contributed by atoms with Crippen molar-refractivity contribution in [3.05, 3.63) is 33.8 Å². The molecule has 1 atom stereocenters. The summed E-state index contributed by atoms with van der Waals surface area (Å²) in [5, 5.41) is 9.96. The second kappa shape index (κ2) is 4.03. The third-order valence-electron chi connectivity index (χ3n) is 2.70. The van der Waals surface area contributed by atoms with Gasteiger partial charge in [-0.3, -0.25) is 0 Å². The highest BCUT2D eigenvalue weighted by Crippen LogP contribution is 2.38. The van der Waals surface area contributed by atoms with Gasteiger partial charge in [0.15, 0.2) is 0 Å². The maximum Gasteiger partial charge on any atom is 0.0793 e. The van der Waals surface area contributed by atoms with E-state index < -0.39 is 0 Å². The smallest absolute Gasteiger partial charge is 0.0793 e. The van der Waals surface area contributed by atoms with Crippen molar-refractivity contribution in [2.75, 3.05) is 0 Å². The minimum atomic E-state index is -0.279. The van der Waals surface area contributed by atoms with Gasteiger partial charge in [-0.05, 0) is 42.5 Å². The van der Waals surface area contributed by atoms with Crippen LogP contribution in [0.2, 0.25) is 0 Å². The average molecular weight is 255 g/mol. The number of hydrogen-bond donors (Lipinski definition) is 1. The van der Waals surface area contributed by atoms with Crippen LogP contribution in [0.3, 0.4) is 0 Å². The number of aryl methyl sites for hydroxylation is 1. The predicted molar refractivity (Wildman–Crippen MR) is 61.2 cm³/mol. The molecule has 2 heteroatoms. The molecule has 0 heterocycles. The Morgan fingerprint density at radius 2 is 2.14 bits per heavy atom. The van der Waals surface area contributed by atoms with Crippen molar-refractivity contribution in [3.8, 4) is 0 Å². The minimum absolute atomic E-state index is 0.279. The normalized spacial score (nSPS) is 18.2. The van der Waals surface area contributed by atoms with E-state index in [1.807, 2.05) is 6.07 Å². The Labute approximate surface area is 93.3 Å². The highest BCUT2D eigenvalue weighted by Gasteiger charge is 2.25. The van der Waals surface area contributed by atoms with Gasteiger partial charge in [-0.15, -0.1) is 0 Å². The molecule has 0 aromatic heterocycles. The van der Waals surface area contributed by atoms with Crippen LogP contribution < -0.4 is 0 Å². The van der Waals surface area contributed by atoms with Gasteiger partial charge in [-0.2, -0.15) is 0 Å². The van der Waals surface area contributed by atoms with Crippen molar-refractivity contribution in [1.29, 1.82) is 0 Å². The Morgan fingerprint density at radius 1 is 1.43 bits per heavy atom. The molecular weight excluding hydrogens is 240 g/mol. The van der Waals surface area contributed by atoms with Crippen LogP contribution in [0.5, 0.6) is 0 Å². The number of halogens is 1. The molecule has 1 unspecified atom stereocenters. The summed E-state index contributed by atoms with van der Waals surface area (Å²) in [4.78, 5) is 0. The third-order valence-corrected chi connectivity index (χ3v) is 3.16. The summed E-state index contributed by atoms with van der Waals surface area (Å²) >= 11 is 3.45. The monoisotopic (exact) mass is 254 g/mol. The van der Waals surface area contributed by atoms with Crippen LogP contribution >= 0.6 is 15.9 Å². The first-order chi connectivity index (χ1) is 6.65. The van der Waals surface area contributed by atoms with E-state index in [1.165, 1.54) is 18.4 Å². The fourth-order valence-corrected chi connectivity index (χ4v) is 2.39. The van der Waals surface area contributed by atoms with Crippen molar-refractivity contribution < 1.29 is 5.11 Å². The van der Waals surface area contributed by atoms with Gasteiger partial charge in [0.05, 0.1) is 6.10 Å². The lowest BCUT2D eigenvalue weighted by Crippen LogP contribution is -1.98. The van der Waals surface area contributed by atoms with E-state index >= 15 is 0 Å². The molecule has 0 radical (unpaired) electrons. The quantitative estimate of drug-likeness (QED) is 0.875. The molecule has 1 N–H and O–H groups in total. The van der Waals surface area contributed by atoms with Crippen LogP contribution in [-0.2, 0) is 0 Å². The van der Waals surface area contributed by atoms with Crippen LogP contribution in [0, 0.1) is 12.8 Å². The molecule has 0 bridgehead atoms. The van der Waals surface area contributed by atoms with Crippen molar-refractivity contribution >= 4 is 15.9 Å². The summed E-state index contributed by atoms with van der Waals surface area (Å²) in [6.45, 7) is 2.05. The molecule has 76 valence electrons. The molecule has 0 spiro atoms. The molecule has 14 heavy (non-hydrogen) atoms. The molecule has 1 aromatic carbocycles. The topological polar surface area (TPSA) is 20.2 Å². The van der Waals surface area contributed by atoms with Crippen LogP contribution in [0.15, 0.2) is 22.7 Å². The number of benzene rings is 1. The van der Waals surface area contributed by atoms with E-state index in [4.69, 9.17) is 0 Å². The number of aliphatic hydroxyl groups is 1. The third kappa shape index (κ3) is 2.58. The highest BCUT2D eigenvalue weighted by atomic mass is 79.9. The van der Waals surface area contributed by atoms with Gasteiger partial charge in [0.1, 0.15) is 0 Å². The molecule has 2 rings (SSSR count). The molecule has 0 saturated heterocycles. The van der Waals surface area contributed by atoms with Crippen molar-refractivity contribution in [2.45, 2.75) is 32.3 Å². The molecule has 1 fully saturated rings. The molecule has 0 amide bonds. The fourth-order valence-electron chi connectivity index (χ4n) is 1.76. The molecule has 0 aliphatic heterocycles. The highest BCUT2D eigenvalue weighted by molar-refractivity contribution is 9.10. The lowest BCUT2D eigenvalue weighted by Gasteiger charge is -2.11. The second-order valence-electron chi connectivity index (χ2n) is 4.26. The van der Waals surface area contributed by atoms with Gasteiger partial charge in [0.2, 0.25) is 0 Å². The van der Waals surface area contributed by atoms with E-state index in [9.17, 15) is 5.11 Å². The molecular formula is C12H15BrO. The molecule has 1 aliphatic rings. The second-order valence-corrected chi connectivity index (χ2v) is 5.17. The summed E-state index contributed by atoms with van der Waals surface area (Å²) in [5.74, 6) is 0.768. The summed E-state index contributed by atoms with van der Waals surface area (Å²) in [6.07, 6.45) is 3.24. The van der Waals surface area contributed by atoms with Crippen LogP contribution in [0.4, 0.5) is 0 Å². The zero-order chi connectivity index (χ0) is 10.1. The van der Waals surface area contributed by atoms with Gasteiger partial charge >= 0.3 is 0 Å².